The van der Waals surface area contributed by atoms with Gasteiger partial charge < -0.3 is 39.2 Å². The highest BCUT2D eigenvalue weighted by atomic mass is 35.5. The Morgan fingerprint density at radius 2 is 1.40 bits per heavy atom. The van der Waals surface area contributed by atoms with Crippen LogP contribution in [0, 0.1) is 0 Å². The van der Waals surface area contributed by atoms with Crippen LogP contribution in [-0.2, 0) is 28.5 Å². The van der Waals surface area contributed by atoms with E-state index in [1.54, 1.807) is 17.9 Å². The Kier molecular flexibility index (Phi) is 15.8. The molecule has 0 radical (unpaired) electrons. The number of amides is 2. The van der Waals surface area contributed by atoms with Crippen LogP contribution in [0.25, 0.3) is 0 Å². The van der Waals surface area contributed by atoms with Gasteiger partial charge in [0.2, 0.25) is 5.91 Å². The number of carbonyl (C=O) groups excluding carboxylic acids is 2. The Hall–Kier alpha value is -2.73. The first kappa shape index (κ1) is 34.8. The zero-order valence-electron chi connectivity index (χ0n) is 25.6. The number of nitrogens with zero attached hydrogens (tertiary/aromatic N) is 1. The van der Waals surface area contributed by atoms with E-state index in [-0.39, 0.29) is 23.9 Å². The van der Waals surface area contributed by atoms with Crippen LogP contribution >= 0.6 is 11.6 Å². The van der Waals surface area contributed by atoms with Gasteiger partial charge in [0.1, 0.15) is 0 Å². The highest BCUT2D eigenvalue weighted by molar-refractivity contribution is 6.30. The van der Waals surface area contributed by atoms with Crippen molar-refractivity contribution in [1.82, 2.24) is 5.32 Å². The van der Waals surface area contributed by atoms with Crippen LogP contribution in [0.4, 0.5) is 11.4 Å². The Balaban J connectivity index is 1.35. The molecular weight excluding hydrogens is 574 g/mol. The molecule has 11 heteroatoms. The summed E-state index contributed by atoms with van der Waals surface area (Å²) >= 11 is 6.05. The van der Waals surface area contributed by atoms with Crippen LogP contribution in [-0.4, -0.2) is 90.5 Å². The molecule has 0 aliphatic carbocycles. The molecule has 2 N–H and O–H groups in total. The van der Waals surface area contributed by atoms with Gasteiger partial charge in [-0.15, -0.1) is 0 Å². The molecule has 2 aromatic carbocycles. The van der Waals surface area contributed by atoms with Gasteiger partial charge in [-0.25, -0.2) is 0 Å². The maximum Gasteiger partial charge on any atom is 0.251 e. The van der Waals surface area contributed by atoms with Crippen LogP contribution < -0.4 is 15.5 Å². The molecule has 3 rings (SSSR count). The second-order valence-electron chi connectivity index (χ2n) is 10.3. The molecule has 1 heterocycles. The fraction of sp³-hybridized carbons (Fsp3) is 0.562. The topological polar surface area (TPSA) is 108 Å². The third-order valence-corrected chi connectivity index (χ3v) is 7.09. The van der Waals surface area contributed by atoms with Gasteiger partial charge in [0, 0.05) is 48.1 Å². The van der Waals surface area contributed by atoms with Gasteiger partial charge in [-0.2, -0.15) is 0 Å². The van der Waals surface area contributed by atoms with Gasteiger partial charge in [0.15, 0.2) is 0 Å². The molecular formula is C32H46ClN3O7. The fourth-order valence-corrected chi connectivity index (χ4v) is 4.96. The summed E-state index contributed by atoms with van der Waals surface area (Å²) in [5.41, 5.74) is 3.15. The van der Waals surface area contributed by atoms with E-state index in [9.17, 15) is 9.59 Å². The maximum absolute atomic E-state index is 12.9. The predicted molar refractivity (Wildman–Crippen MR) is 168 cm³/mol. The van der Waals surface area contributed by atoms with Crippen molar-refractivity contribution in [3.8, 4) is 0 Å². The van der Waals surface area contributed by atoms with Crippen molar-refractivity contribution in [3.63, 3.8) is 0 Å². The summed E-state index contributed by atoms with van der Waals surface area (Å²) in [6.45, 7) is 11.2. The molecule has 0 unspecified atom stereocenters. The van der Waals surface area contributed by atoms with Crippen LogP contribution in [0.5, 0.6) is 0 Å². The van der Waals surface area contributed by atoms with Crippen molar-refractivity contribution in [2.24, 2.45) is 0 Å². The van der Waals surface area contributed by atoms with Crippen LogP contribution in [0.2, 0.25) is 5.02 Å². The molecule has 1 aliphatic heterocycles. The average molecular weight is 620 g/mol. The van der Waals surface area contributed by atoms with Gasteiger partial charge in [0.25, 0.3) is 5.91 Å². The number of anilines is 2. The number of ether oxygens (including phenoxy) is 5. The molecule has 43 heavy (non-hydrogen) atoms. The summed E-state index contributed by atoms with van der Waals surface area (Å²) in [5, 5.41) is 7.11. The lowest BCUT2D eigenvalue weighted by Crippen LogP contribution is -2.43. The number of halogens is 1. The van der Waals surface area contributed by atoms with Gasteiger partial charge in [0.05, 0.1) is 65.5 Å². The largest absolute Gasteiger partial charge is 0.379 e. The van der Waals surface area contributed by atoms with Crippen molar-refractivity contribution >= 4 is 34.8 Å². The molecule has 0 saturated carbocycles. The number of hydrogen-bond acceptors (Lipinski definition) is 8. The molecule has 0 bridgehead atoms. The summed E-state index contributed by atoms with van der Waals surface area (Å²) in [6, 6.07) is 12.9. The third-order valence-electron chi connectivity index (χ3n) is 6.84. The monoisotopic (exact) mass is 619 g/mol. The molecule has 0 saturated heterocycles. The second kappa shape index (κ2) is 19.5. The first-order valence-corrected chi connectivity index (χ1v) is 15.4. The van der Waals surface area contributed by atoms with Gasteiger partial charge in [-0.3, -0.25) is 9.59 Å². The Morgan fingerprint density at radius 3 is 1.95 bits per heavy atom. The van der Waals surface area contributed by atoms with E-state index in [1.165, 1.54) is 0 Å². The molecule has 0 spiro atoms. The van der Waals surface area contributed by atoms with Crippen molar-refractivity contribution < 1.29 is 33.3 Å². The summed E-state index contributed by atoms with van der Waals surface area (Å²) < 4.78 is 27.3. The Bertz CT molecular complexity index is 1120. The molecule has 1 aliphatic rings. The van der Waals surface area contributed by atoms with Crippen molar-refractivity contribution in [3.05, 3.63) is 58.6 Å². The minimum atomic E-state index is -0.199. The smallest absolute Gasteiger partial charge is 0.251 e. The van der Waals surface area contributed by atoms with Crippen molar-refractivity contribution in [2.75, 3.05) is 82.8 Å². The lowest BCUT2D eigenvalue weighted by atomic mass is 9.90. The van der Waals surface area contributed by atoms with E-state index in [2.05, 4.69) is 17.6 Å². The maximum atomic E-state index is 12.9. The molecule has 2 amide bonds. The second-order valence-corrected chi connectivity index (χ2v) is 10.7. The van der Waals surface area contributed by atoms with Gasteiger partial charge in [-0.1, -0.05) is 18.5 Å². The normalized spacial score (nSPS) is 16.1. The Morgan fingerprint density at radius 1 is 0.837 bits per heavy atom. The number of carbonyl (C=O) groups is 2. The lowest BCUT2D eigenvalue weighted by molar-refractivity contribution is -0.117. The van der Waals surface area contributed by atoms with E-state index in [0.717, 1.165) is 30.0 Å². The number of nitrogens with one attached hydrogen (secondary N) is 2. The predicted octanol–water partition coefficient (Wildman–Crippen LogP) is 4.86. The third kappa shape index (κ3) is 12.1. The van der Waals surface area contributed by atoms with Crippen LogP contribution in [0.1, 0.15) is 55.6 Å². The summed E-state index contributed by atoms with van der Waals surface area (Å²) in [4.78, 5) is 27.2. The number of rotatable bonds is 20. The lowest BCUT2D eigenvalue weighted by Gasteiger charge is -2.39. The summed E-state index contributed by atoms with van der Waals surface area (Å²) in [6.07, 6.45) is 1.71. The molecule has 0 aromatic heterocycles. The van der Waals surface area contributed by atoms with Crippen molar-refractivity contribution in [2.45, 2.75) is 45.7 Å². The summed E-state index contributed by atoms with van der Waals surface area (Å²) in [7, 11) is 0. The van der Waals surface area contributed by atoms with Crippen molar-refractivity contribution in [1.29, 1.82) is 0 Å². The van der Waals surface area contributed by atoms with Gasteiger partial charge >= 0.3 is 0 Å². The number of fused-ring (bicyclic) bond motifs is 1. The minimum Gasteiger partial charge on any atom is -0.379 e. The summed E-state index contributed by atoms with van der Waals surface area (Å²) in [5.74, 6) is -0.228. The molecule has 10 nitrogen and oxygen atoms in total. The minimum absolute atomic E-state index is 0.00329. The molecule has 0 fully saturated rings. The van der Waals surface area contributed by atoms with Crippen LogP contribution in [0.3, 0.4) is 0 Å². The number of hydrogen-bond donors (Lipinski definition) is 2. The zero-order valence-corrected chi connectivity index (χ0v) is 26.3. The molecule has 2 atom stereocenters. The highest BCUT2D eigenvalue weighted by Crippen LogP contribution is 2.39. The first-order valence-electron chi connectivity index (χ1n) is 15.0. The van der Waals surface area contributed by atoms with E-state index >= 15 is 0 Å². The highest BCUT2D eigenvalue weighted by Gasteiger charge is 2.33. The Labute approximate surface area is 260 Å². The average Bonchev–Trinajstić information content (AvgIpc) is 2.99. The standard InChI is InChI=1S/C32H46ClN3O7/c1-4-12-39-14-16-41-18-20-43-21-19-42-17-15-40-13-11-34-32(38)26-5-10-31-29(23-26)30(22-24(2)36(31)25(3)37)35-28-8-6-27(33)7-9-28/h5-10,23-24,30,35H,4,11-22H2,1-3H3,(H,34,38)/t24-,30+/m0/s1. The van der Waals surface area contributed by atoms with E-state index in [0.29, 0.717) is 83.0 Å². The first-order chi connectivity index (χ1) is 20.9. The fourth-order valence-electron chi connectivity index (χ4n) is 4.83. The van der Waals surface area contributed by atoms with E-state index in [1.807, 2.05) is 43.3 Å². The number of benzene rings is 2. The van der Waals surface area contributed by atoms with Crippen LogP contribution in [0.15, 0.2) is 42.5 Å². The SMILES string of the molecule is CCCOCCOCCOCCOCCOCCNC(=O)c1ccc2c(c1)[C@H](Nc1ccc(Cl)cc1)C[C@H](C)N2C(C)=O. The molecule has 2 aromatic rings. The molecule has 238 valence electrons. The van der Waals surface area contributed by atoms with E-state index < -0.39 is 0 Å². The van der Waals surface area contributed by atoms with Gasteiger partial charge in [-0.05, 0) is 67.8 Å². The van der Waals surface area contributed by atoms with E-state index in [4.69, 9.17) is 35.3 Å². The quantitative estimate of drug-likeness (QED) is 0.202. The zero-order chi connectivity index (χ0) is 30.9.